The minimum atomic E-state index is -5.08. The summed E-state index contributed by atoms with van der Waals surface area (Å²) in [7, 11) is 0. The van der Waals surface area contributed by atoms with E-state index < -0.39 is 23.4 Å². The van der Waals surface area contributed by atoms with Crippen LogP contribution in [-0.2, 0) is 17.8 Å². The molecule has 172 valence electrons. The largest absolute Gasteiger partial charge is 0.490 e. The first-order chi connectivity index (χ1) is 14.9. The van der Waals surface area contributed by atoms with Gasteiger partial charge in [-0.1, -0.05) is 17.3 Å². The van der Waals surface area contributed by atoms with Crippen molar-refractivity contribution in [2.75, 3.05) is 0 Å². The third-order valence-electron chi connectivity index (χ3n) is 3.97. The molecule has 0 saturated carbocycles. The summed E-state index contributed by atoms with van der Waals surface area (Å²) < 4.78 is 39.4. The van der Waals surface area contributed by atoms with E-state index in [4.69, 9.17) is 20.2 Å². The Morgan fingerprint density at radius 2 is 2.03 bits per heavy atom. The van der Waals surface area contributed by atoms with Crippen LogP contribution in [0.3, 0.4) is 0 Å². The number of carboxylic acid groups (broad SMARTS) is 1. The molecule has 14 heteroatoms. The quantitative estimate of drug-likeness (QED) is 0.396. The number of aromatic nitrogens is 4. The molecule has 10 nitrogen and oxygen atoms in total. The minimum Gasteiger partial charge on any atom is -0.475 e. The lowest BCUT2D eigenvalue weighted by Crippen LogP contribution is -2.30. The van der Waals surface area contributed by atoms with Crippen molar-refractivity contribution in [1.29, 1.82) is 0 Å². The van der Waals surface area contributed by atoms with Gasteiger partial charge in [0.1, 0.15) is 5.56 Å². The van der Waals surface area contributed by atoms with Gasteiger partial charge < -0.3 is 19.9 Å². The molecule has 0 fully saturated rings. The summed E-state index contributed by atoms with van der Waals surface area (Å²) in [6.07, 6.45) is -3.31. The number of rotatable bonds is 5. The lowest BCUT2D eigenvalue weighted by Gasteiger charge is -2.09. The second-order valence-corrected chi connectivity index (χ2v) is 7.51. The number of carboxylic acids is 1. The first-order valence-corrected chi connectivity index (χ1v) is 9.98. The number of halogens is 4. The Hall–Kier alpha value is -3.01. The standard InChI is InChI=1S/C16H16IN5O3.C2HF3O2/c1-2-22-8-11(15(23)20-16(22)24)14-19-13(25-21-14)7-12(18)9-4-3-5-10(17)6-9;3-2(4,5)1(6)7/h3-6,8,12H,2,7,18H2,1H3,(H,20,23,24);(H,6,7)/t12-;/m1./s1. The molecule has 3 rings (SSSR count). The highest BCUT2D eigenvalue weighted by atomic mass is 127. The fraction of sp³-hybridized carbons (Fsp3) is 0.278. The topological polar surface area (TPSA) is 157 Å². The second-order valence-electron chi connectivity index (χ2n) is 6.27. The predicted molar refractivity (Wildman–Crippen MR) is 114 cm³/mol. The Bertz CT molecular complexity index is 1200. The molecule has 0 saturated heterocycles. The summed E-state index contributed by atoms with van der Waals surface area (Å²) in [6.45, 7) is 2.22. The molecular weight excluding hydrogens is 550 g/mol. The summed E-state index contributed by atoms with van der Waals surface area (Å²) in [4.78, 5) is 39.0. The Morgan fingerprint density at radius 1 is 1.38 bits per heavy atom. The van der Waals surface area contributed by atoms with Gasteiger partial charge in [0.05, 0.1) is 0 Å². The summed E-state index contributed by atoms with van der Waals surface area (Å²) in [5.74, 6) is -2.30. The number of hydrogen-bond acceptors (Lipinski definition) is 7. The number of aromatic amines is 1. The Labute approximate surface area is 191 Å². The van der Waals surface area contributed by atoms with Crippen molar-refractivity contribution in [3.63, 3.8) is 0 Å². The van der Waals surface area contributed by atoms with Crippen molar-refractivity contribution < 1.29 is 27.6 Å². The molecule has 0 amide bonds. The maximum atomic E-state index is 12.0. The van der Waals surface area contributed by atoms with Crippen molar-refractivity contribution in [2.24, 2.45) is 5.73 Å². The van der Waals surface area contributed by atoms with E-state index in [0.29, 0.717) is 18.9 Å². The monoisotopic (exact) mass is 567 g/mol. The number of nitrogens with zero attached hydrogens (tertiary/aromatic N) is 3. The average Bonchev–Trinajstić information content (AvgIpc) is 3.16. The molecule has 4 N–H and O–H groups in total. The second kappa shape index (κ2) is 10.5. The van der Waals surface area contributed by atoms with Gasteiger partial charge in [-0.05, 0) is 47.2 Å². The van der Waals surface area contributed by atoms with Crippen LogP contribution in [-0.4, -0.2) is 36.9 Å². The van der Waals surface area contributed by atoms with Crippen LogP contribution >= 0.6 is 22.6 Å². The molecule has 2 aromatic heterocycles. The first kappa shape index (κ1) is 25.3. The molecule has 0 radical (unpaired) electrons. The van der Waals surface area contributed by atoms with E-state index in [1.54, 1.807) is 6.92 Å². The van der Waals surface area contributed by atoms with Gasteiger partial charge in [0.15, 0.2) is 0 Å². The molecule has 3 aromatic rings. The number of nitrogens with two attached hydrogens (primary N) is 1. The molecule has 0 aliphatic rings. The number of aryl methyl sites for hydroxylation is 1. The zero-order valence-corrected chi connectivity index (χ0v) is 18.5. The van der Waals surface area contributed by atoms with Crippen LogP contribution in [0, 0.1) is 3.57 Å². The SMILES string of the molecule is CCn1cc(-c2noc(C[C@@H](N)c3cccc(I)c3)n2)c(=O)[nH]c1=O.O=C(O)C(F)(F)F. The highest BCUT2D eigenvalue weighted by Crippen LogP contribution is 2.19. The molecule has 1 atom stereocenters. The van der Waals surface area contributed by atoms with Crippen LogP contribution in [0.15, 0.2) is 44.6 Å². The average molecular weight is 567 g/mol. The van der Waals surface area contributed by atoms with Crippen molar-refractivity contribution in [3.8, 4) is 11.4 Å². The van der Waals surface area contributed by atoms with Crippen molar-refractivity contribution in [2.45, 2.75) is 32.1 Å². The van der Waals surface area contributed by atoms with E-state index in [0.717, 1.165) is 9.13 Å². The number of nitrogens with one attached hydrogen (secondary N) is 1. The third kappa shape index (κ3) is 6.74. The van der Waals surface area contributed by atoms with E-state index >= 15 is 0 Å². The van der Waals surface area contributed by atoms with Gasteiger partial charge in [0.25, 0.3) is 5.56 Å². The molecule has 0 aliphatic heterocycles. The lowest BCUT2D eigenvalue weighted by atomic mass is 10.1. The number of carbonyl (C=O) groups is 1. The Balaban J connectivity index is 0.000000451. The van der Waals surface area contributed by atoms with E-state index in [9.17, 15) is 22.8 Å². The van der Waals surface area contributed by atoms with Gasteiger partial charge in [0.2, 0.25) is 11.7 Å². The third-order valence-corrected chi connectivity index (χ3v) is 4.65. The van der Waals surface area contributed by atoms with Gasteiger partial charge in [-0.15, -0.1) is 0 Å². The molecule has 32 heavy (non-hydrogen) atoms. The van der Waals surface area contributed by atoms with Crippen molar-refractivity contribution in [1.82, 2.24) is 19.7 Å². The summed E-state index contributed by atoms with van der Waals surface area (Å²) >= 11 is 2.22. The predicted octanol–water partition coefficient (Wildman–Crippen LogP) is 2.09. The molecule has 0 spiro atoms. The smallest absolute Gasteiger partial charge is 0.475 e. The molecular formula is C18H17F3IN5O5. The zero-order chi connectivity index (χ0) is 24.1. The Kier molecular flexibility index (Phi) is 8.31. The number of aliphatic carboxylic acids is 1. The van der Waals surface area contributed by atoms with Crippen LogP contribution in [0.1, 0.15) is 24.4 Å². The zero-order valence-electron chi connectivity index (χ0n) is 16.4. The highest BCUT2D eigenvalue weighted by Gasteiger charge is 2.38. The van der Waals surface area contributed by atoms with Crippen molar-refractivity contribution in [3.05, 3.63) is 66.3 Å². The molecule has 0 bridgehead atoms. The van der Waals surface area contributed by atoms with Crippen LogP contribution in [0.5, 0.6) is 0 Å². The summed E-state index contributed by atoms with van der Waals surface area (Å²) in [5.41, 5.74) is 6.31. The number of H-pyrrole nitrogens is 1. The summed E-state index contributed by atoms with van der Waals surface area (Å²) in [5, 5.41) is 11.0. The molecule has 0 unspecified atom stereocenters. The molecule has 1 aromatic carbocycles. The first-order valence-electron chi connectivity index (χ1n) is 8.90. The number of benzene rings is 1. The van der Waals surface area contributed by atoms with E-state index in [1.807, 2.05) is 24.3 Å². The molecule has 2 heterocycles. The van der Waals surface area contributed by atoms with Crippen LogP contribution in [0.2, 0.25) is 0 Å². The van der Waals surface area contributed by atoms with Gasteiger partial charge in [-0.3, -0.25) is 9.78 Å². The number of hydrogen-bond donors (Lipinski definition) is 3. The van der Waals surface area contributed by atoms with Crippen molar-refractivity contribution >= 4 is 28.6 Å². The van der Waals surface area contributed by atoms with E-state index in [1.165, 1.54) is 10.8 Å². The maximum Gasteiger partial charge on any atom is 0.490 e. The van der Waals surface area contributed by atoms with E-state index in [-0.39, 0.29) is 17.4 Å². The fourth-order valence-corrected chi connectivity index (χ4v) is 2.96. The molecule has 0 aliphatic carbocycles. The minimum absolute atomic E-state index is 0.133. The van der Waals surface area contributed by atoms with Gasteiger partial charge >= 0.3 is 17.8 Å². The lowest BCUT2D eigenvalue weighted by molar-refractivity contribution is -0.192. The van der Waals surface area contributed by atoms with Gasteiger partial charge in [-0.25, -0.2) is 9.59 Å². The van der Waals surface area contributed by atoms with Gasteiger partial charge in [-0.2, -0.15) is 18.2 Å². The number of alkyl halides is 3. The van der Waals surface area contributed by atoms with Crippen LogP contribution < -0.4 is 17.0 Å². The Morgan fingerprint density at radius 3 is 2.59 bits per heavy atom. The fourth-order valence-electron chi connectivity index (χ4n) is 2.39. The maximum absolute atomic E-state index is 12.0. The van der Waals surface area contributed by atoms with Crippen LogP contribution in [0.4, 0.5) is 13.2 Å². The highest BCUT2D eigenvalue weighted by molar-refractivity contribution is 14.1. The summed E-state index contributed by atoms with van der Waals surface area (Å²) in [6, 6.07) is 7.54. The van der Waals surface area contributed by atoms with E-state index in [2.05, 4.69) is 37.7 Å². The van der Waals surface area contributed by atoms with Gasteiger partial charge in [0, 0.05) is 28.8 Å². The normalized spacial score (nSPS) is 12.1. The van der Waals surface area contributed by atoms with Crippen LogP contribution in [0.25, 0.3) is 11.4 Å².